The van der Waals surface area contributed by atoms with Crippen molar-refractivity contribution in [2.45, 2.75) is 140 Å². The van der Waals surface area contributed by atoms with Gasteiger partial charge in [-0.1, -0.05) is 38.5 Å². The van der Waals surface area contributed by atoms with E-state index in [1.165, 1.54) is 44.9 Å². The molecule has 0 aromatic carbocycles. The minimum atomic E-state index is -0.857. The van der Waals surface area contributed by atoms with Gasteiger partial charge in [0.1, 0.15) is 0 Å². The van der Waals surface area contributed by atoms with Gasteiger partial charge in [-0.3, -0.25) is 0 Å². The molecule has 0 N–H and O–H groups in total. The average molecular weight is 525 g/mol. The van der Waals surface area contributed by atoms with E-state index in [4.69, 9.17) is 0 Å². The van der Waals surface area contributed by atoms with Gasteiger partial charge in [0.2, 0.25) is 24.3 Å². The molecule has 4 fully saturated rings. The van der Waals surface area contributed by atoms with E-state index >= 15 is 0 Å². The molecule has 0 aromatic heterocycles. The Bertz CT molecular complexity index is 827. The fourth-order valence-corrected chi connectivity index (χ4v) is 7.56. The van der Waals surface area contributed by atoms with Gasteiger partial charge in [-0.2, -0.15) is 9.98 Å². The number of carbonyl (C=O) groups excluding carboxylic acids is 4. The summed E-state index contributed by atoms with van der Waals surface area (Å²) >= 11 is 0. The highest BCUT2D eigenvalue weighted by Gasteiger charge is 2.46. The van der Waals surface area contributed by atoms with Gasteiger partial charge < -0.3 is 0 Å². The molecule has 0 saturated heterocycles. The summed E-state index contributed by atoms with van der Waals surface area (Å²) in [6.07, 6.45) is 28.1. The van der Waals surface area contributed by atoms with Crippen LogP contribution in [0.2, 0.25) is 0 Å². The summed E-state index contributed by atoms with van der Waals surface area (Å²) < 4.78 is 0. The maximum Gasteiger partial charge on any atom is 0.237 e. The third-order valence-electron chi connectivity index (χ3n) is 9.63. The van der Waals surface area contributed by atoms with Crippen molar-refractivity contribution in [1.82, 2.24) is 0 Å². The monoisotopic (exact) mass is 524 g/mol. The van der Waals surface area contributed by atoms with Crippen LogP contribution in [-0.2, 0) is 19.2 Å². The van der Waals surface area contributed by atoms with Gasteiger partial charge in [-0.25, -0.2) is 29.2 Å². The highest BCUT2D eigenvalue weighted by Crippen LogP contribution is 2.46. The first kappa shape index (κ1) is 30.1. The molecule has 0 bridgehead atoms. The highest BCUT2D eigenvalue weighted by molar-refractivity contribution is 5.40. The van der Waals surface area contributed by atoms with Crippen molar-refractivity contribution in [3.8, 4) is 0 Å². The van der Waals surface area contributed by atoms with Gasteiger partial charge in [0, 0.05) is 11.8 Å². The molecule has 0 atom stereocenters. The van der Waals surface area contributed by atoms with Gasteiger partial charge >= 0.3 is 0 Å². The zero-order valence-electron chi connectivity index (χ0n) is 22.8. The molecule has 0 amide bonds. The molecule has 0 aliphatic heterocycles. The molecule has 0 heterocycles. The van der Waals surface area contributed by atoms with Crippen molar-refractivity contribution in [3.05, 3.63) is 0 Å². The van der Waals surface area contributed by atoms with E-state index in [1.807, 2.05) is 0 Å². The van der Waals surface area contributed by atoms with Crippen molar-refractivity contribution in [3.63, 3.8) is 0 Å². The topological polar surface area (TPSA) is 118 Å². The van der Waals surface area contributed by atoms with Crippen LogP contribution in [0.3, 0.4) is 0 Å². The zero-order valence-corrected chi connectivity index (χ0v) is 22.8. The van der Waals surface area contributed by atoms with E-state index in [2.05, 4.69) is 20.0 Å². The van der Waals surface area contributed by atoms with Crippen LogP contribution >= 0.6 is 0 Å². The molecule has 0 unspecified atom stereocenters. The molecular weight excluding hydrogens is 480 g/mol. The number of hydrogen-bond acceptors (Lipinski definition) is 8. The van der Waals surface area contributed by atoms with Crippen molar-refractivity contribution in [2.75, 3.05) is 0 Å². The smallest absolute Gasteiger partial charge is 0.211 e. The first-order valence-electron chi connectivity index (χ1n) is 15.0. The predicted molar refractivity (Wildman–Crippen MR) is 144 cm³/mol. The van der Waals surface area contributed by atoms with Crippen LogP contribution in [0.15, 0.2) is 20.0 Å². The lowest BCUT2D eigenvalue weighted by Gasteiger charge is -2.41. The van der Waals surface area contributed by atoms with Crippen molar-refractivity contribution in [1.29, 1.82) is 0 Å². The van der Waals surface area contributed by atoms with Crippen LogP contribution in [0.5, 0.6) is 0 Å². The Balaban J connectivity index is 0.000000211. The number of rotatable bonds is 8. The van der Waals surface area contributed by atoms with Gasteiger partial charge in [0.15, 0.2) is 5.66 Å². The van der Waals surface area contributed by atoms with Crippen LogP contribution in [0.1, 0.15) is 122 Å². The molecule has 0 radical (unpaired) electrons. The molecule has 38 heavy (non-hydrogen) atoms. The van der Waals surface area contributed by atoms with Gasteiger partial charge in [-0.05, 0) is 95.3 Å². The van der Waals surface area contributed by atoms with E-state index in [0.29, 0.717) is 0 Å². The summed E-state index contributed by atoms with van der Waals surface area (Å²) in [5.41, 5.74) is -0.857. The molecule has 0 spiro atoms. The minimum Gasteiger partial charge on any atom is -0.211 e. The summed E-state index contributed by atoms with van der Waals surface area (Å²) in [6.45, 7) is 0. The van der Waals surface area contributed by atoms with E-state index in [1.54, 1.807) is 24.3 Å². The maximum absolute atomic E-state index is 10.9. The zero-order chi connectivity index (χ0) is 27.1. The molecule has 4 aliphatic carbocycles. The Morgan fingerprint density at radius 2 is 0.842 bits per heavy atom. The van der Waals surface area contributed by atoms with E-state index in [9.17, 15) is 19.2 Å². The lowest BCUT2D eigenvalue weighted by Crippen LogP contribution is -2.43. The molecule has 208 valence electrons. The predicted octanol–water partition coefficient (Wildman–Crippen LogP) is 6.68. The number of nitrogens with zero attached hydrogens (tertiary/aromatic N) is 4. The lowest BCUT2D eigenvalue weighted by molar-refractivity contribution is 0.115. The van der Waals surface area contributed by atoms with Crippen LogP contribution in [-0.4, -0.2) is 42.1 Å². The van der Waals surface area contributed by atoms with Crippen molar-refractivity contribution >= 4 is 24.3 Å². The second kappa shape index (κ2) is 16.5. The molecule has 8 heteroatoms. The first-order valence-corrected chi connectivity index (χ1v) is 15.0. The second-order valence-electron chi connectivity index (χ2n) is 11.9. The van der Waals surface area contributed by atoms with Gasteiger partial charge in [-0.15, -0.1) is 0 Å². The molecule has 8 nitrogen and oxygen atoms in total. The quantitative estimate of drug-likeness (QED) is 0.260. The Morgan fingerprint density at radius 1 is 0.474 bits per heavy atom. The molecule has 0 aromatic rings. The van der Waals surface area contributed by atoms with Crippen LogP contribution < -0.4 is 0 Å². The van der Waals surface area contributed by atoms with Crippen molar-refractivity contribution < 1.29 is 19.2 Å². The Morgan fingerprint density at radius 3 is 1.16 bits per heavy atom. The number of hydrogen-bond donors (Lipinski definition) is 0. The number of aliphatic imine (C=N–C) groups is 4. The standard InChI is InChI=1S/2C15H22N2O2/c18-10-16-14-5-1-12(2-6-14)9-13-3-7-15(8-4-13)17-11-19;18-11-16-15(17-12-19,13-7-3-1-4-8-13)14-9-5-2-6-10-14/h12-15H,1-9H2;13-14H,1-10H2. The van der Waals surface area contributed by atoms with Crippen LogP contribution in [0.25, 0.3) is 0 Å². The van der Waals surface area contributed by atoms with Crippen LogP contribution in [0.4, 0.5) is 0 Å². The summed E-state index contributed by atoms with van der Waals surface area (Å²) in [7, 11) is 0. The molecule has 4 aliphatic rings. The van der Waals surface area contributed by atoms with Crippen molar-refractivity contribution in [2.24, 2.45) is 43.6 Å². The molecule has 4 saturated carbocycles. The Labute approximate surface area is 227 Å². The average Bonchev–Trinajstić information content (AvgIpc) is 2.96. The molecular formula is C30H44N4O4. The third kappa shape index (κ3) is 8.79. The van der Waals surface area contributed by atoms with E-state index in [-0.39, 0.29) is 23.9 Å². The lowest BCUT2D eigenvalue weighted by atomic mass is 9.69. The fourth-order valence-electron chi connectivity index (χ4n) is 7.56. The SMILES string of the molecule is O=C=NC(N=C=O)(C1CCCCC1)C1CCCCC1.O=C=NC1CCC(CC2CCC(N=C=O)CC2)CC1. The summed E-state index contributed by atoms with van der Waals surface area (Å²) in [5.74, 6) is 2.03. The fraction of sp³-hybridized carbons (Fsp3) is 0.867. The second-order valence-corrected chi connectivity index (χ2v) is 11.9. The van der Waals surface area contributed by atoms with E-state index < -0.39 is 5.66 Å². The number of isocyanates is 4. The first-order chi connectivity index (χ1) is 18.6. The minimum absolute atomic E-state index is 0.215. The highest BCUT2D eigenvalue weighted by atomic mass is 16.1. The summed E-state index contributed by atoms with van der Waals surface area (Å²) in [5, 5.41) is 0. The third-order valence-corrected chi connectivity index (χ3v) is 9.63. The molecule has 4 rings (SSSR count). The normalized spacial score (nSPS) is 28.6. The van der Waals surface area contributed by atoms with E-state index in [0.717, 1.165) is 88.9 Å². The summed E-state index contributed by atoms with van der Waals surface area (Å²) in [6, 6.07) is 0.456. The summed E-state index contributed by atoms with van der Waals surface area (Å²) in [4.78, 5) is 58.1. The Hall–Kier alpha value is -2.48. The largest absolute Gasteiger partial charge is 0.237 e. The van der Waals surface area contributed by atoms with Gasteiger partial charge in [0.25, 0.3) is 0 Å². The van der Waals surface area contributed by atoms with Gasteiger partial charge in [0.05, 0.1) is 12.1 Å². The maximum atomic E-state index is 10.9. The van der Waals surface area contributed by atoms with Crippen LogP contribution in [0, 0.1) is 23.7 Å². The Kier molecular flexibility index (Phi) is 13.0.